The SMILES string of the molecule is CCOc1cccc(N2C(=O)/C(=C\c3ccc(-c4ccc(C)cc4Br)o3)C(=O)NC2=S)c1. The topological polar surface area (TPSA) is 71.8 Å². The van der Waals surface area contributed by atoms with Crippen molar-refractivity contribution in [1.82, 2.24) is 5.32 Å². The van der Waals surface area contributed by atoms with Gasteiger partial charge in [0, 0.05) is 16.1 Å². The number of ether oxygens (including phenoxy) is 1. The molecule has 1 saturated heterocycles. The Morgan fingerprint density at radius 1 is 1.16 bits per heavy atom. The van der Waals surface area contributed by atoms with Crippen molar-refractivity contribution in [2.24, 2.45) is 0 Å². The molecule has 3 aromatic rings. The van der Waals surface area contributed by atoms with Crippen LogP contribution in [0.15, 0.2) is 69.1 Å². The fourth-order valence-corrected chi connectivity index (χ4v) is 4.28. The summed E-state index contributed by atoms with van der Waals surface area (Å²) in [4.78, 5) is 27.0. The molecule has 6 nitrogen and oxygen atoms in total. The maximum atomic E-state index is 13.2. The standard InChI is InChI=1S/C24H19BrN2O4S/c1-3-30-16-6-4-5-15(12-16)27-23(29)19(22(28)26-24(27)32)13-17-8-10-21(31-17)18-9-7-14(2)11-20(18)25/h4-13H,3H2,1-2H3,(H,26,28,32)/b19-13-. The zero-order chi connectivity index (χ0) is 22.8. The van der Waals surface area contributed by atoms with Crippen molar-refractivity contribution in [3.8, 4) is 17.1 Å². The molecule has 1 aliphatic heterocycles. The van der Waals surface area contributed by atoms with E-state index in [9.17, 15) is 9.59 Å². The molecule has 4 rings (SSSR count). The third-order valence-electron chi connectivity index (χ3n) is 4.79. The highest BCUT2D eigenvalue weighted by molar-refractivity contribution is 9.10. The zero-order valence-corrected chi connectivity index (χ0v) is 19.7. The van der Waals surface area contributed by atoms with Gasteiger partial charge in [-0.3, -0.25) is 19.8 Å². The number of hydrogen-bond acceptors (Lipinski definition) is 5. The average Bonchev–Trinajstić information content (AvgIpc) is 3.20. The quantitative estimate of drug-likeness (QED) is 0.288. The molecule has 2 heterocycles. The zero-order valence-electron chi connectivity index (χ0n) is 17.3. The maximum absolute atomic E-state index is 13.2. The van der Waals surface area contributed by atoms with E-state index in [-0.39, 0.29) is 10.7 Å². The molecule has 1 N–H and O–H groups in total. The van der Waals surface area contributed by atoms with E-state index in [1.165, 1.54) is 11.0 Å². The number of nitrogens with one attached hydrogen (secondary N) is 1. The summed E-state index contributed by atoms with van der Waals surface area (Å²) < 4.78 is 12.3. The molecule has 0 bridgehead atoms. The molecule has 0 saturated carbocycles. The highest BCUT2D eigenvalue weighted by Crippen LogP contribution is 2.32. The number of furan rings is 1. The van der Waals surface area contributed by atoms with Crippen molar-refractivity contribution in [3.63, 3.8) is 0 Å². The van der Waals surface area contributed by atoms with Gasteiger partial charge in [0.2, 0.25) is 0 Å². The maximum Gasteiger partial charge on any atom is 0.270 e. The second kappa shape index (κ2) is 9.10. The van der Waals surface area contributed by atoms with Crippen LogP contribution >= 0.6 is 28.1 Å². The molecular weight excluding hydrogens is 492 g/mol. The van der Waals surface area contributed by atoms with Crippen LogP contribution in [-0.4, -0.2) is 23.5 Å². The number of benzene rings is 2. The summed E-state index contributed by atoms with van der Waals surface area (Å²) >= 11 is 8.80. The first kappa shape index (κ1) is 22.0. The first-order chi connectivity index (χ1) is 15.4. The molecule has 2 amide bonds. The lowest BCUT2D eigenvalue weighted by molar-refractivity contribution is -0.122. The highest BCUT2D eigenvalue weighted by atomic mass is 79.9. The summed E-state index contributed by atoms with van der Waals surface area (Å²) in [5, 5.41) is 2.58. The van der Waals surface area contributed by atoms with E-state index in [0.29, 0.717) is 29.6 Å². The van der Waals surface area contributed by atoms with Gasteiger partial charge in [-0.2, -0.15) is 0 Å². The van der Waals surface area contributed by atoms with Crippen LogP contribution in [0.5, 0.6) is 5.75 Å². The number of hydrogen-bond donors (Lipinski definition) is 1. The number of carbonyl (C=O) groups is 2. The molecular formula is C24H19BrN2O4S. The molecule has 162 valence electrons. The van der Waals surface area contributed by atoms with E-state index in [0.717, 1.165) is 15.6 Å². The number of aryl methyl sites for hydroxylation is 1. The van der Waals surface area contributed by atoms with E-state index in [1.54, 1.807) is 36.4 Å². The summed E-state index contributed by atoms with van der Waals surface area (Å²) in [7, 11) is 0. The fourth-order valence-electron chi connectivity index (χ4n) is 3.31. The van der Waals surface area contributed by atoms with Gasteiger partial charge in [-0.05, 0) is 74.1 Å². The lowest BCUT2D eigenvalue weighted by atomic mass is 10.1. The van der Waals surface area contributed by atoms with Crippen LogP contribution in [0.3, 0.4) is 0 Å². The van der Waals surface area contributed by atoms with Gasteiger partial charge in [0.05, 0.1) is 12.3 Å². The van der Waals surface area contributed by atoms with E-state index in [2.05, 4.69) is 21.2 Å². The minimum absolute atomic E-state index is 0.00881. The van der Waals surface area contributed by atoms with Crippen molar-refractivity contribution in [3.05, 3.63) is 76.0 Å². The van der Waals surface area contributed by atoms with Gasteiger partial charge in [-0.25, -0.2) is 0 Å². The van der Waals surface area contributed by atoms with Crippen LogP contribution in [0.2, 0.25) is 0 Å². The van der Waals surface area contributed by atoms with Crippen molar-refractivity contribution < 1.29 is 18.7 Å². The summed E-state index contributed by atoms with van der Waals surface area (Å²) in [5.41, 5.74) is 2.41. The highest BCUT2D eigenvalue weighted by Gasteiger charge is 2.35. The van der Waals surface area contributed by atoms with Crippen molar-refractivity contribution >= 4 is 56.8 Å². The minimum Gasteiger partial charge on any atom is -0.494 e. The Bertz CT molecular complexity index is 1260. The van der Waals surface area contributed by atoms with Gasteiger partial charge < -0.3 is 9.15 Å². The third kappa shape index (κ3) is 4.37. The van der Waals surface area contributed by atoms with Crippen LogP contribution in [0.25, 0.3) is 17.4 Å². The first-order valence-electron chi connectivity index (χ1n) is 9.88. The summed E-state index contributed by atoms with van der Waals surface area (Å²) in [6.07, 6.45) is 1.42. The number of amides is 2. The van der Waals surface area contributed by atoms with Gasteiger partial charge in [0.1, 0.15) is 22.8 Å². The number of carbonyl (C=O) groups excluding carboxylic acids is 2. The molecule has 1 fully saturated rings. The Labute approximate surface area is 199 Å². The minimum atomic E-state index is -0.577. The number of anilines is 1. The fraction of sp³-hybridized carbons (Fsp3) is 0.125. The third-order valence-corrected chi connectivity index (χ3v) is 5.73. The molecule has 1 aliphatic rings. The Hall–Kier alpha value is -3.23. The normalized spacial score (nSPS) is 15.3. The van der Waals surface area contributed by atoms with Gasteiger partial charge in [-0.1, -0.05) is 28.1 Å². The largest absolute Gasteiger partial charge is 0.494 e. The van der Waals surface area contributed by atoms with Gasteiger partial charge in [0.15, 0.2) is 5.11 Å². The van der Waals surface area contributed by atoms with Crippen LogP contribution in [-0.2, 0) is 9.59 Å². The predicted molar refractivity (Wildman–Crippen MR) is 130 cm³/mol. The molecule has 0 atom stereocenters. The Balaban J connectivity index is 1.67. The van der Waals surface area contributed by atoms with Crippen LogP contribution in [0, 0.1) is 6.92 Å². The number of thiocarbonyl (C=S) groups is 1. The molecule has 0 unspecified atom stereocenters. The van der Waals surface area contributed by atoms with Gasteiger partial charge in [0.25, 0.3) is 11.8 Å². The summed E-state index contributed by atoms with van der Waals surface area (Å²) in [6.45, 7) is 4.36. The van der Waals surface area contributed by atoms with Gasteiger partial charge >= 0.3 is 0 Å². The monoisotopic (exact) mass is 510 g/mol. The van der Waals surface area contributed by atoms with E-state index in [4.69, 9.17) is 21.4 Å². The predicted octanol–water partition coefficient (Wildman–Crippen LogP) is 5.25. The van der Waals surface area contributed by atoms with Crippen LogP contribution in [0.1, 0.15) is 18.2 Å². The van der Waals surface area contributed by atoms with Crippen molar-refractivity contribution in [2.45, 2.75) is 13.8 Å². The summed E-state index contributed by atoms with van der Waals surface area (Å²) in [6, 6.07) is 16.4. The van der Waals surface area contributed by atoms with E-state index < -0.39 is 11.8 Å². The number of rotatable bonds is 5. The molecule has 8 heteroatoms. The molecule has 0 aliphatic carbocycles. The molecule has 0 radical (unpaired) electrons. The van der Waals surface area contributed by atoms with Crippen LogP contribution in [0.4, 0.5) is 5.69 Å². The van der Waals surface area contributed by atoms with Crippen molar-refractivity contribution in [1.29, 1.82) is 0 Å². The molecule has 2 aromatic carbocycles. The average molecular weight is 511 g/mol. The van der Waals surface area contributed by atoms with Crippen molar-refractivity contribution in [2.75, 3.05) is 11.5 Å². The Kier molecular flexibility index (Phi) is 6.25. The molecule has 32 heavy (non-hydrogen) atoms. The van der Waals surface area contributed by atoms with Gasteiger partial charge in [-0.15, -0.1) is 0 Å². The first-order valence-corrected chi connectivity index (χ1v) is 11.1. The second-order valence-corrected chi connectivity index (χ2v) is 8.31. The van der Waals surface area contributed by atoms with E-state index in [1.807, 2.05) is 32.0 Å². The summed E-state index contributed by atoms with van der Waals surface area (Å²) in [5.74, 6) is 0.474. The smallest absolute Gasteiger partial charge is 0.270 e. The molecule has 0 spiro atoms. The van der Waals surface area contributed by atoms with Crippen LogP contribution < -0.4 is 15.0 Å². The number of nitrogens with zero attached hydrogens (tertiary/aromatic N) is 1. The molecule has 1 aromatic heterocycles. The number of halogens is 1. The lowest BCUT2D eigenvalue weighted by Crippen LogP contribution is -2.54. The Morgan fingerprint density at radius 2 is 1.97 bits per heavy atom. The lowest BCUT2D eigenvalue weighted by Gasteiger charge is -2.29. The van der Waals surface area contributed by atoms with E-state index >= 15 is 0 Å². The Morgan fingerprint density at radius 3 is 2.72 bits per heavy atom. The second-order valence-electron chi connectivity index (χ2n) is 7.07.